The van der Waals surface area contributed by atoms with Crippen molar-refractivity contribution in [2.45, 2.75) is 25.7 Å². The Bertz CT molecular complexity index is 562. The smallest absolute Gasteiger partial charge is 0.194 e. The third-order valence-corrected chi connectivity index (χ3v) is 3.86. The molecule has 0 unspecified atom stereocenters. The van der Waals surface area contributed by atoms with Gasteiger partial charge >= 0.3 is 0 Å². The molecule has 3 atom stereocenters. The van der Waals surface area contributed by atoms with Gasteiger partial charge in [-0.2, -0.15) is 0 Å². The maximum Gasteiger partial charge on any atom is 0.194 e. The summed E-state index contributed by atoms with van der Waals surface area (Å²) in [6.45, 7) is 2.04. The normalized spacial score (nSPS) is 29.4. The number of hydrogen-bond donors (Lipinski definition) is 2. The highest BCUT2D eigenvalue weighted by atomic mass is 35.5. The molecule has 1 aliphatic carbocycles. The van der Waals surface area contributed by atoms with Gasteiger partial charge in [0, 0.05) is 5.92 Å². The van der Waals surface area contributed by atoms with Crippen LogP contribution in [0, 0.1) is 5.92 Å². The molecule has 1 aliphatic heterocycles. The van der Waals surface area contributed by atoms with Gasteiger partial charge in [0.1, 0.15) is 6.17 Å². The summed E-state index contributed by atoms with van der Waals surface area (Å²) in [4.78, 5) is 4.43. The molecule has 0 aromatic heterocycles. The minimum Gasteiger partial charge on any atom is -0.346 e. The molecule has 3 nitrogen and oxygen atoms in total. The number of nitrogens with zero attached hydrogens (tertiary/aromatic N) is 1. The average molecular weight is 288 g/mol. The van der Waals surface area contributed by atoms with Gasteiger partial charge in [0.25, 0.3) is 0 Å². The van der Waals surface area contributed by atoms with Crippen LogP contribution >= 0.6 is 11.6 Å². The Hall–Kier alpha value is -1.58. The topological polar surface area (TPSA) is 36.4 Å². The van der Waals surface area contributed by atoms with E-state index in [4.69, 9.17) is 11.6 Å². The first-order valence-corrected chi connectivity index (χ1v) is 7.30. The van der Waals surface area contributed by atoms with Crippen LogP contribution in [0.15, 0.2) is 53.6 Å². The summed E-state index contributed by atoms with van der Waals surface area (Å²) in [7, 11) is 0. The van der Waals surface area contributed by atoms with Gasteiger partial charge in [-0.3, -0.25) is 5.32 Å². The molecular weight excluding hydrogens is 270 g/mol. The molecule has 1 heterocycles. The van der Waals surface area contributed by atoms with E-state index < -0.39 is 0 Å². The van der Waals surface area contributed by atoms with Crippen LogP contribution in [0.25, 0.3) is 5.57 Å². The molecule has 1 aromatic carbocycles. The van der Waals surface area contributed by atoms with Gasteiger partial charge in [0.05, 0.1) is 6.17 Å². The quantitative estimate of drug-likeness (QED) is 0.820. The number of hydrogen-bond acceptors (Lipinski definition) is 3. The molecule has 0 fully saturated rings. The van der Waals surface area contributed by atoms with Crippen LogP contribution in [0.5, 0.6) is 0 Å². The summed E-state index contributed by atoms with van der Waals surface area (Å²) in [6.07, 6.45) is 7.85. The lowest BCUT2D eigenvalue weighted by Crippen LogP contribution is -2.53. The second-order valence-electron chi connectivity index (χ2n) is 5.18. The van der Waals surface area contributed by atoms with Crippen molar-refractivity contribution in [2.75, 3.05) is 0 Å². The number of benzene rings is 1. The summed E-state index contributed by atoms with van der Waals surface area (Å²) >= 11 is 6.01. The van der Waals surface area contributed by atoms with Gasteiger partial charge in [0.15, 0.2) is 5.29 Å². The monoisotopic (exact) mass is 287 g/mol. The largest absolute Gasteiger partial charge is 0.346 e. The van der Waals surface area contributed by atoms with E-state index >= 15 is 0 Å². The van der Waals surface area contributed by atoms with E-state index in [1.165, 1.54) is 11.1 Å². The molecule has 0 bridgehead atoms. The highest BCUT2D eigenvalue weighted by Gasteiger charge is 2.25. The molecule has 0 amide bonds. The van der Waals surface area contributed by atoms with Crippen molar-refractivity contribution in [2.24, 2.45) is 10.9 Å². The Kier molecular flexibility index (Phi) is 3.90. The van der Waals surface area contributed by atoms with Gasteiger partial charge in [0.2, 0.25) is 0 Å². The fourth-order valence-corrected chi connectivity index (χ4v) is 2.88. The van der Waals surface area contributed by atoms with E-state index in [9.17, 15) is 0 Å². The summed E-state index contributed by atoms with van der Waals surface area (Å²) in [5.74, 6) is 0.348. The molecule has 0 spiro atoms. The zero-order valence-corrected chi connectivity index (χ0v) is 12.1. The lowest BCUT2D eigenvalue weighted by atomic mass is 9.91. The molecule has 4 heteroatoms. The Balaban J connectivity index is 1.71. The van der Waals surface area contributed by atoms with Crippen LogP contribution < -0.4 is 10.6 Å². The lowest BCUT2D eigenvalue weighted by molar-refractivity contribution is 0.350. The predicted molar refractivity (Wildman–Crippen MR) is 84.5 cm³/mol. The van der Waals surface area contributed by atoms with Crippen molar-refractivity contribution in [1.82, 2.24) is 10.6 Å². The Morgan fingerprint density at radius 1 is 1.25 bits per heavy atom. The molecule has 2 aliphatic rings. The van der Waals surface area contributed by atoms with Crippen LogP contribution in [0.3, 0.4) is 0 Å². The zero-order chi connectivity index (χ0) is 13.9. The van der Waals surface area contributed by atoms with Gasteiger partial charge < -0.3 is 5.32 Å². The van der Waals surface area contributed by atoms with Crippen LogP contribution in [0.4, 0.5) is 0 Å². The minimum atomic E-state index is 0.0450. The van der Waals surface area contributed by atoms with Crippen LogP contribution in [0.2, 0.25) is 0 Å². The SMILES string of the molecule is C[C@@H]1NC(Cl)=N[C@H]([C@@H]2C=CC(c3ccccc3)=CC2)N1. The first-order valence-electron chi connectivity index (χ1n) is 6.92. The number of amidine groups is 1. The van der Waals surface area contributed by atoms with Crippen molar-refractivity contribution < 1.29 is 0 Å². The van der Waals surface area contributed by atoms with Crippen LogP contribution in [0.1, 0.15) is 18.9 Å². The second-order valence-corrected chi connectivity index (χ2v) is 5.54. The van der Waals surface area contributed by atoms with E-state index in [1.807, 2.05) is 13.0 Å². The third kappa shape index (κ3) is 2.94. The van der Waals surface area contributed by atoms with Gasteiger partial charge in [-0.05, 0) is 36.1 Å². The zero-order valence-electron chi connectivity index (χ0n) is 11.4. The molecule has 0 radical (unpaired) electrons. The van der Waals surface area contributed by atoms with Crippen molar-refractivity contribution in [3.05, 3.63) is 54.1 Å². The molecule has 2 N–H and O–H groups in total. The number of rotatable bonds is 2. The van der Waals surface area contributed by atoms with E-state index in [1.54, 1.807) is 0 Å². The van der Waals surface area contributed by atoms with Gasteiger partial charge in [-0.1, -0.05) is 48.6 Å². The van der Waals surface area contributed by atoms with Crippen molar-refractivity contribution in [1.29, 1.82) is 0 Å². The predicted octanol–water partition coefficient (Wildman–Crippen LogP) is 3.11. The number of nitrogens with one attached hydrogen (secondary N) is 2. The molecule has 0 saturated carbocycles. The van der Waals surface area contributed by atoms with E-state index in [0.29, 0.717) is 11.2 Å². The molecule has 20 heavy (non-hydrogen) atoms. The number of aliphatic imine (C=N–C) groups is 1. The summed E-state index contributed by atoms with van der Waals surface area (Å²) in [5, 5.41) is 6.95. The highest BCUT2D eigenvalue weighted by molar-refractivity contribution is 6.64. The number of halogens is 1. The second kappa shape index (κ2) is 5.81. The third-order valence-electron chi connectivity index (χ3n) is 3.65. The van der Waals surface area contributed by atoms with E-state index in [-0.39, 0.29) is 12.3 Å². The van der Waals surface area contributed by atoms with E-state index in [2.05, 4.69) is 58.1 Å². The molecular formula is C16H18ClN3. The average Bonchev–Trinajstić information content (AvgIpc) is 2.47. The van der Waals surface area contributed by atoms with Crippen molar-refractivity contribution in [3.63, 3.8) is 0 Å². The standard InChI is InChI=1S/C16H18ClN3/c1-11-18-15(20-16(17)19-11)14-9-7-13(8-10-14)12-5-3-2-4-6-12/h2-9,11,14-15,18H,10H2,1H3,(H,19,20)/t11-,14+,15+/m0/s1. The first-order chi connectivity index (χ1) is 9.72. The molecule has 3 rings (SSSR count). The minimum absolute atomic E-state index is 0.0450. The van der Waals surface area contributed by atoms with E-state index in [0.717, 1.165) is 6.42 Å². The Morgan fingerprint density at radius 3 is 2.70 bits per heavy atom. The summed E-state index contributed by atoms with van der Waals surface area (Å²) < 4.78 is 0. The molecule has 104 valence electrons. The Morgan fingerprint density at radius 2 is 2.05 bits per heavy atom. The van der Waals surface area contributed by atoms with Gasteiger partial charge in [-0.15, -0.1) is 0 Å². The number of allylic oxidation sites excluding steroid dienone is 3. The summed E-state index contributed by atoms with van der Waals surface area (Å²) in [5.41, 5.74) is 2.54. The maximum absolute atomic E-state index is 6.01. The van der Waals surface area contributed by atoms with Crippen molar-refractivity contribution in [3.8, 4) is 0 Å². The first kappa shape index (κ1) is 13.4. The molecule has 1 aromatic rings. The maximum atomic E-state index is 6.01. The summed E-state index contributed by atoms with van der Waals surface area (Å²) in [6, 6.07) is 10.4. The Labute approximate surface area is 124 Å². The van der Waals surface area contributed by atoms with Crippen LogP contribution in [-0.4, -0.2) is 17.6 Å². The molecule has 0 saturated heterocycles. The van der Waals surface area contributed by atoms with Crippen LogP contribution in [-0.2, 0) is 0 Å². The van der Waals surface area contributed by atoms with Crippen molar-refractivity contribution >= 4 is 22.5 Å². The van der Waals surface area contributed by atoms with Gasteiger partial charge in [-0.25, -0.2) is 4.99 Å². The highest BCUT2D eigenvalue weighted by Crippen LogP contribution is 2.27. The fourth-order valence-electron chi connectivity index (χ4n) is 2.61. The fraction of sp³-hybridized carbons (Fsp3) is 0.312. The lowest BCUT2D eigenvalue weighted by Gasteiger charge is -2.31.